The average Bonchev–Trinajstić information content (AvgIpc) is 1.59. The van der Waals surface area contributed by atoms with Crippen LogP contribution in [0.25, 0.3) is 65.6 Å². The molecular formula is C87H102B3Br5N10O8. The summed E-state index contributed by atoms with van der Waals surface area (Å²) in [6.07, 6.45) is 25.3. The van der Waals surface area contributed by atoms with E-state index in [0.29, 0.717) is 11.1 Å². The fourth-order valence-corrected chi connectivity index (χ4v) is 14.9. The Hall–Kier alpha value is -6.42. The largest absolute Gasteiger partial charge is 0.494 e. The summed E-state index contributed by atoms with van der Waals surface area (Å²) < 4.78 is 48.9. The number of alkyl halides is 1. The van der Waals surface area contributed by atoms with Crippen LogP contribution in [0.2, 0.25) is 0 Å². The second-order valence-corrected chi connectivity index (χ2v) is 38.4. The molecule has 12 aromatic rings. The maximum atomic E-state index is 10.7. The van der Waals surface area contributed by atoms with Crippen molar-refractivity contribution in [1.29, 1.82) is 0 Å². The van der Waals surface area contributed by atoms with Crippen molar-refractivity contribution in [1.82, 2.24) is 49.3 Å². The van der Waals surface area contributed by atoms with Crippen LogP contribution in [0.5, 0.6) is 0 Å². The first-order valence-corrected chi connectivity index (χ1v) is 43.8. The quantitative estimate of drug-likeness (QED) is 0.0615. The summed E-state index contributed by atoms with van der Waals surface area (Å²) in [5.41, 5.74) is 8.53. The summed E-state index contributed by atoms with van der Waals surface area (Å²) in [5.74, 6) is 4.46. The van der Waals surface area contributed by atoms with Crippen LogP contribution < -0.4 is 5.46 Å². The molecule has 8 aliphatic rings. The lowest BCUT2D eigenvalue weighted by Crippen LogP contribution is -2.41. The summed E-state index contributed by atoms with van der Waals surface area (Å²) in [6, 6.07) is 46.3. The molecule has 7 aromatic carbocycles. The van der Waals surface area contributed by atoms with Crippen LogP contribution in [-0.4, -0.2) is 122 Å². The summed E-state index contributed by atoms with van der Waals surface area (Å²) in [6.45, 7) is 28.8. The molecule has 5 aromatic heterocycles. The van der Waals surface area contributed by atoms with Gasteiger partial charge in [0.05, 0.1) is 86.0 Å². The molecule has 8 heterocycles. The molecule has 0 bridgehead atoms. The van der Waals surface area contributed by atoms with Crippen molar-refractivity contribution < 1.29 is 37.5 Å². The number of nitrogens with zero attached hydrogens (tertiary/aromatic N) is 9. The lowest BCUT2D eigenvalue weighted by molar-refractivity contribution is 0.00578. The molecule has 3 saturated heterocycles. The number of fused-ring (bicyclic) bond motifs is 5. The van der Waals surface area contributed by atoms with E-state index < -0.39 is 14.0 Å². The molecule has 3 aliphatic heterocycles. The Kier molecular flexibility index (Phi) is 26.8. The predicted octanol–water partition coefficient (Wildman–Crippen LogP) is 21.7. The first-order chi connectivity index (χ1) is 53.8. The van der Waals surface area contributed by atoms with Crippen molar-refractivity contribution in [3.8, 4) is 11.1 Å². The highest BCUT2D eigenvalue weighted by Crippen LogP contribution is 2.44. The number of carbonyl (C=O) groups excluding carboxylic acids is 2. The zero-order valence-corrected chi connectivity index (χ0v) is 74.7. The highest BCUT2D eigenvalue weighted by Gasteiger charge is 2.64. The summed E-state index contributed by atoms with van der Waals surface area (Å²) in [7, 11) is -1.26. The van der Waals surface area contributed by atoms with Crippen molar-refractivity contribution >= 4 is 173 Å². The first kappa shape index (κ1) is 84.5. The van der Waals surface area contributed by atoms with Gasteiger partial charge in [-0.15, -0.1) is 0 Å². The first-order valence-electron chi connectivity index (χ1n) is 39.5. The topological polar surface area (TPSA) is 189 Å². The van der Waals surface area contributed by atoms with Gasteiger partial charge in [0.1, 0.15) is 12.6 Å². The lowest BCUT2D eigenvalue weighted by Gasteiger charge is -2.32. The normalized spacial score (nSPS) is 19.1. The zero-order chi connectivity index (χ0) is 80.2. The molecule has 8 fully saturated rings. The van der Waals surface area contributed by atoms with Gasteiger partial charge < -0.3 is 27.9 Å². The van der Waals surface area contributed by atoms with E-state index >= 15 is 0 Å². The Morgan fingerprint density at radius 2 is 0.788 bits per heavy atom. The van der Waals surface area contributed by atoms with E-state index in [-0.39, 0.29) is 40.7 Å². The number of halogens is 5. The molecule has 0 atom stereocenters. The van der Waals surface area contributed by atoms with Crippen LogP contribution in [0.1, 0.15) is 168 Å². The molecule has 18 nitrogen and oxygen atoms in total. The van der Waals surface area contributed by atoms with Gasteiger partial charge in [0.25, 0.3) is 0 Å². The molecule has 1 N–H and O–H groups in total. The third-order valence-corrected chi connectivity index (χ3v) is 25.9. The molecule has 113 heavy (non-hydrogen) atoms. The molecule has 20 rings (SSSR count). The van der Waals surface area contributed by atoms with Gasteiger partial charge in [-0.2, -0.15) is 25.5 Å². The number of benzene rings is 7. The third kappa shape index (κ3) is 22.3. The van der Waals surface area contributed by atoms with Gasteiger partial charge in [-0.3, -0.25) is 33.4 Å². The number of carbonyl (C=O) groups is 2. The molecule has 5 aliphatic carbocycles. The molecule has 0 spiro atoms. The van der Waals surface area contributed by atoms with Gasteiger partial charge >= 0.3 is 21.1 Å². The number of hydrogen-bond donors (Lipinski definition) is 1. The SMILES string of the molecule is BrCC1CC1.Brc1ccc2[nH]ncc2c1.Brc1ccc2c(cnn2CC2CC2)c1.Brc1ccc2nn(CC3CC3)cc2c1.CC1(C)OB(B2OC(C)(C)C(C)(C)O2)OC1(C)C.CC1(C)OB(c2ccc3c(cnn3CC3CC3)c2)OC1(C)C.O=Cc1ccc(-c2ccc3c(cnn3CC3CC3)c2)cc1.O=Cc1ccc(Br)cc1. The number of hydrogen-bond acceptors (Lipinski definition) is 13. The van der Waals surface area contributed by atoms with Crippen LogP contribution in [0, 0.1) is 29.6 Å². The lowest BCUT2D eigenvalue weighted by atomic mass is 9.49. The second-order valence-electron chi connectivity index (χ2n) is 34.0. The molecule has 592 valence electrons. The fourth-order valence-electron chi connectivity index (χ4n) is 12.8. The van der Waals surface area contributed by atoms with Crippen molar-refractivity contribution in [3.63, 3.8) is 0 Å². The number of aromatic amines is 1. The minimum Gasteiger partial charge on any atom is -0.405 e. The number of rotatable bonds is 14. The van der Waals surface area contributed by atoms with Crippen molar-refractivity contribution in [2.75, 3.05) is 5.33 Å². The minimum absolute atomic E-state index is 0.303. The van der Waals surface area contributed by atoms with Gasteiger partial charge in [-0.05, 0) is 278 Å². The number of aromatic nitrogens is 10. The van der Waals surface area contributed by atoms with E-state index in [4.69, 9.17) is 27.9 Å². The van der Waals surface area contributed by atoms with Crippen LogP contribution >= 0.6 is 79.6 Å². The number of H-pyrrole nitrogens is 1. The van der Waals surface area contributed by atoms with E-state index in [2.05, 4.69) is 230 Å². The molecule has 0 amide bonds. The Morgan fingerprint density at radius 3 is 1.25 bits per heavy atom. The van der Waals surface area contributed by atoms with Gasteiger partial charge in [-0.25, -0.2) is 0 Å². The molecule has 0 unspecified atom stereocenters. The van der Waals surface area contributed by atoms with Gasteiger partial charge in [0.15, 0.2) is 0 Å². The van der Waals surface area contributed by atoms with Crippen LogP contribution in [-0.2, 0) is 54.1 Å². The van der Waals surface area contributed by atoms with Gasteiger partial charge in [-0.1, -0.05) is 134 Å². The monoisotopic (exact) mass is 1840 g/mol. The van der Waals surface area contributed by atoms with Gasteiger partial charge in [0, 0.05) is 93.7 Å². The van der Waals surface area contributed by atoms with Crippen molar-refractivity contribution in [2.24, 2.45) is 29.6 Å². The average molecular weight is 1850 g/mol. The van der Waals surface area contributed by atoms with Crippen LogP contribution in [0.4, 0.5) is 0 Å². The highest BCUT2D eigenvalue weighted by atomic mass is 79.9. The minimum atomic E-state index is -0.476. The second kappa shape index (κ2) is 35.8. The Balaban J connectivity index is 0.000000116. The van der Waals surface area contributed by atoms with E-state index in [0.717, 1.165) is 125 Å². The summed E-state index contributed by atoms with van der Waals surface area (Å²) in [4.78, 5) is 20.8. The summed E-state index contributed by atoms with van der Waals surface area (Å²) >= 11 is 16.9. The summed E-state index contributed by atoms with van der Waals surface area (Å²) in [5, 5.41) is 31.9. The Morgan fingerprint density at radius 1 is 0.407 bits per heavy atom. The fraction of sp³-hybridized carbons (Fsp3) is 0.437. The standard InChI is InChI=1S/C18H16N2O.C17H23BN2O2.C12H24B2O4.2C11H11BrN2.C7H5BrN2.C7H5BrO.C4H7Br/c21-12-14-3-5-15(6-4-14)16-7-8-18-17(9-16)10-19-20(18)11-13-1-2-13;1-16(2)17(3,4)22-18(21-16)14-7-8-15-13(9-14)10-19-20(15)11-12-5-6-12;1-9(2)10(3,4)16-13(15-9)14-17-11(5,6)12(7,8)18-14;12-10-3-4-11-9(5-10)6-13-14(11)7-8-1-2-8;12-10-3-4-11-9(5-10)7-14(13-11)6-8-1-2-8;8-6-1-2-7-5(3-6)4-9-10-7;8-7-3-1-6(5-9)2-4-7;5-3-4-1-2-4/h3-10,12-13H,1-2,11H2;7-10,12H,5-6,11H2,1-4H3;1-8H3;3-6,8H,1-2,7H2;3-5,7-8H,1-2,6H2;1-4H,(H,9,10);1-5H;4H,1-3H2. The highest BCUT2D eigenvalue weighted by molar-refractivity contribution is 9.11. The maximum Gasteiger partial charge on any atom is 0.494 e. The molecular weight excluding hydrogens is 1740 g/mol. The van der Waals surface area contributed by atoms with Crippen LogP contribution in [0.3, 0.4) is 0 Å². The van der Waals surface area contributed by atoms with Gasteiger partial charge in [0.2, 0.25) is 0 Å². The predicted molar refractivity (Wildman–Crippen MR) is 474 cm³/mol. The molecule has 26 heteroatoms. The van der Waals surface area contributed by atoms with Crippen molar-refractivity contribution in [3.05, 3.63) is 200 Å². The van der Waals surface area contributed by atoms with Crippen molar-refractivity contribution in [2.45, 2.75) is 207 Å². The Bertz CT molecular complexity index is 5150. The van der Waals surface area contributed by atoms with E-state index in [1.165, 1.54) is 102 Å². The maximum absolute atomic E-state index is 10.7. The van der Waals surface area contributed by atoms with E-state index in [9.17, 15) is 9.59 Å². The van der Waals surface area contributed by atoms with Crippen LogP contribution in [0.15, 0.2) is 188 Å². The molecule has 5 saturated carbocycles. The molecule has 0 radical (unpaired) electrons. The zero-order valence-electron chi connectivity index (χ0n) is 66.7. The number of nitrogens with one attached hydrogen (secondary N) is 1. The Labute approximate surface area is 707 Å². The number of aldehydes is 2. The third-order valence-electron chi connectivity index (χ3n) is 22.9. The van der Waals surface area contributed by atoms with E-state index in [1.807, 2.05) is 135 Å². The van der Waals surface area contributed by atoms with E-state index in [1.54, 1.807) is 18.3 Å². The smallest absolute Gasteiger partial charge is 0.405 e.